The Bertz CT molecular complexity index is 453. The molecule has 3 N–H and O–H groups in total. The standard InChI is InChI=1S/C10H11N3O2/c11-6-5-9-12-10(13-15-9)7-3-1-2-4-8(7)14/h1-4,14H,5-6,11H2. The predicted molar refractivity (Wildman–Crippen MR) is 54.2 cm³/mol. The summed E-state index contributed by atoms with van der Waals surface area (Å²) < 4.78 is 4.96. The molecule has 1 aromatic heterocycles. The van der Waals surface area contributed by atoms with Crippen LogP contribution in [0.15, 0.2) is 28.8 Å². The number of aromatic hydroxyl groups is 1. The molecule has 5 heteroatoms. The fraction of sp³-hybridized carbons (Fsp3) is 0.200. The molecule has 0 amide bonds. The molecule has 0 radical (unpaired) electrons. The lowest BCUT2D eigenvalue weighted by Gasteiger charge is -1.96. The van der Waals surface area contributed by atoms with Crippen LogP contribution in [0, 0.1) is 0 Å². The highest BCUT2D eigenvalue weighted by Crippen LogP contribution is 2.25. The van der Waals surface area contributed by atoms with E-state index in [4.69, 9.17) is 10.3 Å². The van der Waals surface area contributed by atoms with Crippen LogP contribution in [0.3, 0.4) is 0 Å². The van der Waals surface area contributed by atoms with Crippen LogP contribution in [0.1, 0.15) is 5.89 Å². The van der Waals surface area contributed by atoms with Gasteiger partial charge in [-0.3, -0.25) is 0 Å². The van der Waals surface area contributed by atoms with Gasteiger partial charge in [-0.1, -0.05) is 17.3 Å². The highest BCUT2D eigenvalue weighted by molar-refractivity contribution is 5.62. The number of nitrogens with two attached hydrogens (primary N) is 1. The second-order valence-electron chi connectivity index (χ2n) is 3.07. The third-order valence-electron chi connectivity index (χ3n) is 1.97. The SMILES string of the molecule is NCCc1nc(-c2ccccc2O)no1. The Morgan fingerprint density at radius 1 is 1.33 bits per heavy atom. The molecular weight excluding hydrogens is 194 g/mol. The van der Waals surface area contributed by atoms with Crippen molar-refractivity contribution in [3.8, 4) is 17.1 Å². The summed E-state index contributed by atoms with van der Waals surface area (Å²) in [5.74, 6) is 1.00. The molecule has 0 aliphatic rings. The quantitative estimate of drug-likeness (QED) is 0.779. The zero-order valence-corrected chi connectivity index (χ0v) is 8.05. The minimum absolute atomic E-state index is 0.137. The smallest absolute Gasteiger partial charge is 0.228 e. The first-order chi connectivity index (χ1) is 7.31. The van der Waals surface area contributed by atoms with Gasteiger partial charge >= 0.3 is 0 Å². The van der Waals surface area contributed by atoms with E-state index in [0.717, 1.165) is 0 Å². The van der Waals surface area contributed by atoms with Crippen molar-refractivity contribution in [1.29, 1.82) is 0 Å². The highest BCUT2D eigenvalue weighted by atomic mass is 16.5. The van der Waals surface area contributed by atoms with Gasteiger partial charge in [0.05, 0.1) is 5.56 Å². The van der Waals surface area contributed by atoms with Crippen LogP contribution in [-0.4, -0.2) is 21.8 Å². The number of hydrogen-bond acceptors (Lipinski definition) is 5. The molecule has 0 atom stereocenters. The molecule has 0 bridgehead atoms. The van der Waals surface area contributed by atoms with Crippen LogP contribution in [0.5, 0.6) is 5.75 Å². The van der Waals surface area contributed by atoms with Crippen LogP contribution in [0.25, 0.3) is 11.4 Å². The Morgan fingerprint density at radius 2 is 2.13 bits per heavy atom. The van der Waals surface area contributed by atoms with Crippen LogP contribution >= 0.6 is 0 Å². The third kappa shape index (κ3) is 1.97. The molecule has 0 saturated heterocycles. The summed E-state index contributed by atoms with van der Waals surface area (Å²) in [5.41, 5.74) is 5.92. The topological polar surface area (TPSA) is 85.2 Å². The summed E-state index contributed by atoms with van der Waals surface area (Å²) in [5, 5.41) is 13.3. The van der Waals surface area contributed by atoms with Crippen molar-refractivity contribution in [2.75, 3.05) is 6.54 Å². The van der Waals surface area contributed by atoms with E-state index in [1.165, 1.54) is 0 Å². The van der Waals surface area contributed by atoms with Crippen molar-refractivity contribution in [2.45, 2.75) is 6.42 Å². The minimum atomic E-state index is 0.137. The molecule has 5 nitrogen and oxygen atoms in total. The Hall–Kier alpha value is -1.88. The van der Waals surface area contributed by atoms with Crippen molar-refractivity contribution in [1.82, 2.24) is 10.1 Å². The Morgan fingerprint density at radius 3 is 2.87 bits per heavy atom. The molecule has 0 aliphatic carbocycles. The molecule has 1 aromatic carbocycles. The van der Waals surface area contributed by atoms with Gasteiger partial charge in [-0.25, -0.2) is 0 Å². The molecule has 0 aliphatic heterocycles. The molecule has 2 rings (SSSR count). The van der Waals surface area contributed by atoms with Gasteiger partial charge in [-0.2, -0.15) is 4.98 Å². The normalized spacial score (nSPS) is 10.5. The van der Waals surface area contributed by atoms with E-state index in [2.05, 4.69) is 10.1 Å². The maximum Gasteiger partial charge on any atom is 0.228 e. The van der Waals surface area contributed by atoms with Gasteiger partial charge in [0.15, 0.2) is 0 Å². The number of para-hydroxylation sites is 1. The lowest BCUT2D eigenvalue weighted by molar-refractivity contribution is 0.380. The molecule has 0 saturated carbocycles. The zero-order chi connectivity index (χ0) is 10.7. The number of phenolic OH excluding ortho intramolecular Hbond substituents is 1. The van der Waals surface area contributed by atoms with Gasteiger partial charge < -0.3 is 15.4 Å². The highest BCUT2D eigenvalue weighted by Gasteiger charge is 2.10. The van der Waals surface area contributed by atoms with Gasteiger partial charge in [-0.15, -0.1) is 0 Å². The monoisotopic (exact) mass is 205 g/mol. The van der Waals surface area contributed by atoms with Crippen molar-refractivity contribution >= 4 is 0 Å². The first-order valence-corrected chi connectivity index (χ1v) is 4.62. The molecule has 0 spiro atoms. The van der Waals surface area contributed by atoms with E-state index < -0.39 is 0 Å². The molecule has 0 fully saturated rings. The second-order valence-corrected chi connectivity index (χ2v) is 3.07. The van der Waals surface area contributed by atoms with E-state index >= 15 is 0 Å². The summed E-state index contributed by atoms with van der Waals surface area (Å²) in [7, 11) is 0. The van der Waals surface area contributed by atoms with E-state index in [9.17, 15) is 5.11 Å². The van der Waals surface area contributed by atoms with Gasteiger partial charge in [-0.05, 0) is 12.1 Å². The molecule has 15 heavy (non-hydrogen) atoms. The van der Waals surface area contributed by atoms with E-state index in [1.54, 1.807) is 24.3 Å². The van der Waals surface area contributed by atoms with Crippen LogP contribution in [0.2, 0.25) is 0 Å². The first-order valence-electron chi connectivity index (χ1n) is 4.62. The summed E-state index contributed by atoms with van der Waals surface area (Å²) in [6.07, 6.45) is 0.542. The van der Waals surface area contributed by atoms with Crippen LogP contribution in [-0.2, 0) is 6.42 Å². The maximum absolute atomic E-state index is 9.56. The fourth-order valence-corrected chi connectivity index (χ4v) is 1.25. The largest absolute Gasteiger partial charge is 0.507 e. The Kier molecular flexibility index (Phi) is 2.64. The number of aromatic nitrogens is 2. The van der Waals surface area contributed by atoms with Crippen molar-refractivity contribution in [3.05, 3.63) is 30.2 Å². The molecule has 2 aromatic rings. The predicted octanol–water partition coefficient (Wildman–Crippen LogP) is 0.943. The summed E-state index contributed by atoms with van der Waals surface area (Å²) in [6, 6.07) is 6.84. The van der Waals surface area contributed by atoms with Gasteiger partial charge in [0, 0.05) is 13.0 Å². The molecular formula is C10H11N3O2. The average Bonchev–Trinajstić information content (AvgIpc) is 2.68. The lowest BCUT2D eigenvalue weighted by Crippen LogP contribution is -2.02. The van der Waals surface area contributed by atoms with Gasteiger partial charge in [0.25, 0.3) is 0 Å². The molecule has 1 heterocycles. The van der Waals surface area contributed by atoms with Crippen molar-refractivity contribution in [2.24, 2.45) is 5.73 Å². The lowest BCUT2D eigenvalue weighted by atomic mass is 10.2. The number of phenols is 1. The minimum Gasteiger partial charge on any atom is -0.507 e. The number of benzene rings is 1. The van der Waals surface area contributed by atoms with Crippen molar-refractivity contribution < 1.29 is 9.63 Å². The van der Waals surface area contributed by atoms with E-state index in [1.807, 2.05) is 0 Å². The number of hydrogen-bond donors (Lipinski definition) is 2. The van der Waals surface area contributed by atoms with Crippen LogP contribution < -0.4 is 5.73 Å². The first kappa shape index (κ1) is 9.67. The van der Waals surface area contributed by atoms with E-state index in [0.29, 0.717) is 30.2 Å². The second kappa shape index (κ2) is 4.10. The fourth-order valence-electron chi connectivity index (χ4n) is 1.25. The van der Waals surface area contributed by atoms with Gasteiger partial charge in [0.2, 0.25) is 11.7 Å². The van der Waals surface area contributed by atoms with E-state index in [-0.39, 0.29) is 5.75 Å². The summed E-state index contributed by atoms with van der Waals surface area (Å²) in [6.45, 7) is 0.461. The number of nitrogens with zero attached hydrogens (tertiary/aromatic N) is 2. The average molecular weight is 205 g/mol. The van der Waals surface area contributed by atoms with Crippen molar-refractivity contribution in [3.63, 3.8) is 0 Å². The maximum atomic E-state index is 9.56. The molecule has 0 unspecified atom stereocenters. The van der Waals surface area contributed by atoms with Crippen LogP contribution in [0.4, 0.5) is 0 Å². The zero-order valence-electron chi connectivity index (χ0n) is 8.05. The summed E-state index contributed by atoms with van der Waals surface area (Å²) >= 11 is 0. The third-order valence-corrected chi connectivity index (χ3v) is 1.97. The van der Waals surface area contributed by atoms with Gasteiger partial charge in [0.1, 0.15) is 5.75 Å². The Balaban J connectivity index is 2.33. The number of rotatable bonds is 3. The molecule has 78 valence electrons. The summed E-state index contributed by atoms with van der Waals surface area (Å²) in [4.78, 5) is 4.11. The Labute approximate surface area is 86.5 Å².